The number of anilines is 1. The highest BCUT2D eigenvalue weighted by molar-refractivity contribution is 7.85. The van der Waals surface area contributed by atoms with Crippen molar-refractivity contribution in [3.8, 4) is 0 Å². The topological polar surface area (TPSA) is 115 Å². The van der Waals surface area contributed by atoms with Crippen LogP contribution in [0.3, 0.4) is 0 Å². The zero-order chi connectivity index (χ0) is 15.1. The summed E-state index contributed by atoms with van der Waals surface area (Å²) >= 11 is 0. The van der Waals surface area contributed by atoms with Crippen LogP contribution in [0.5, 0.6) is 0 Å². The second-order valence-corrected chi connectivity index (χ2v) is 6.86. The number of nitrogens with two attached hydrogens (primary N) is 1. The van der Waals surface area contributed by atoms with E-state index in [0.29, 0.717) is 18.0 Å². The van der Waals surface area contributed by atoms with Gasteiger partial charge in [-0.05, 0) is 6.92 Å². The van der Waals surface area contributed by atoms with Crippen LogP contribution in [0, 0.1) is 0 Å². The minimum Gasteiger partial charge on any atom is -0.394 e. The van der Waals surface area contributed by atoms with Crippen molar-refractivity contribution in [1.29, 1.82) is 0 Å². The van der Waals surface area contributed by atoms with Crippen LogP contribution in [0.4, 0.5) is 5.82 Å². The molecule has 2 aliphatic heterocycles. The largest absolute Gasteiger partial charge is 0.394 e. The third-order valence-corrected chi connectivity index (χ3v) is 5.18. The smallest absolute Gasteiger partial charge is 0.145 e. The number of aliphatic imine (C=N–C) groups is 1. The summed E-state index contributed by atoms with van der Waals surface area (Å²) in [4.78, 5) is 8.50. The number of amidine groups is 1. The summed E-state index contributed by atoms with van der Waals surface area (Å²) in [6.45, 7) is 1.68. The lowest BCUT2D eigenvalue weighted by Gasteiger charge is -2.21. The second-order valence-electron chi connectivity index (χ2n) is 5.25. The van der Waals surface area contributed by atoms with Crippen molar-refractivity contribution < 1.29 is 14.1 Å². The predicted molar refractivity (Wildman–Crippen MR) is 79.4 cm³/mol. The van der Waals surface area contributed by atoms with Crippen LogP contribution in [0.1, 0.15) is 31.4 Å². The number of hydrogen-bond donors (Lipinski definition) is 3. The Morgan fingerprint density at radius 3 is 3.05 bits per heavy atom. The third kappa shape index (κ3) is 2.50. The maximum atomic E-state index is 11.8. The molecule has 21 heavy (non-hydrogen) atoms. The molecule has 0 saturated carbocycles. The molecule has 3 rings (SSSR count). The Balaban J connectivity index is 1.89. The standard InChI is InChI=1S/C12H19N5O3S/c1-6-15-11(13)10-12(16-6)17(5-14-10)9-3-8(21(2)19)7(4-18)20-9/h5,7-9,11,18H,3-4,13H2,1-2H3,(H,15,16)/t7-,8+,9-,11?,21?/m1/s1. The van der Waals surface area contributed by atoms with Gasteiger partial charge in [0.05, 0.1) is 24.3 Å². The molecule has 1 saturated heterocycles. The Hall–Kier alpha value is -1.29. The SMILES string of the molecule is CC1=NC(N)c2ncn([C@H]3C[C@H](S(C)=O)[C@@H](CO)O3)c2N1. The zero-order valence-electron chi connectivity index (χ0n) is 11.9. The van der Waals surface area contributed by atoms with E-state index >= 15 is 0 Å². The zero-order valence-corrected chi connectivity index (χ0v) is 12.7. The number of hydrogen-bond acceptors (Lipinski definition) is 7. The molecular weight excluding hydrogens is 294 g/mol. The van der Waals surface area contributed by atoms with E-state index < -0.39 is 23.1 Å². The fourth-order valence-electron chi connectivity index (χ4n) is 2.80. The molecule has 4 N–H and O–H groups in total. The van der Waals surface area contributed by atoms with Crippen molar-refractivity contribution >= 4 is 22.5 Å². The summed E-state index contributed by atoms with van der Waals surface area (Å²) in [5.74, 6) is 1.46. The van der Waals surface area contributed by atoms with Crippen molar-refractivity contribution in [2.75, 3.05) is 18.2 Å². The lowest BCUT2D eigenvalue weighted by atomic mass is 10.2. The summed E-state index contributed by atoms with van der Waals surface area (Å²) < 4.78 is 19.4. The summed E-state index contributed by atoms with van der Waals surface area (Å²) in [6, 6.07) is 0. The first kappa shape index (κ1) is 14.6. The lowest BCUT2D eigenvalue weighted by molar-refractivity contribution is -0.0207. The fourth-order valence-corrected chi connectivity index (χ4v) is 3.81. The van der Waals surface area contributed by atoms with Crippen LogP contribution >= 0.6 is 0 Å². The highest BCUT2D eigenvalue weighted by Crippen LogP contribution is 2.36. The van der Waals surface area contributed by atoms with E-state index in [2.05, 4.69) is 15.3 Å². The van der Waals surface area contributed by atoms with E-state index in [1.807, 2.05) is 11.5 Å². The molecule has 0 bridgehead atoms. The first-order chi connectivity index (χ1) is 10.0. The molecule has 3 heterocycles. The van der Waals surface area contributed by atoms with Crippen LogP contribution in [-0.2, 0) is 15.5 Å². The molecule has 2 aliphatic rings. The Kier molecular flexibility index (Phi) is 3.82. The van der Waals surface area contributed by atoms with Crippen molar-refractivity contribution in [2.24, 2.45) is 10.7 Å². The number of ether oxygens (including phenoxy) is 1. The maximum absolute atomic E-state index is 11.8. The Bertz CT molecular complexity index is 602. The molecule has 5 atom stereocenters. The molecule has 1 aromatic heterocycles. The maximum Gasteiger partial charge on any atom is 0.145 e. The summed E-state index contributed by atoms with van der Waals surface area (Å²) in [5.41, 5.74) is 6.60. The van der Waals surface area contributed by atoms with E-state index in [4.69, 9.17) is 10.5 Å². The molecule has 0 aliphatic carbocycles. The molecule has 0 radical (unpaired) electrons. The van der Waals surface area contributed by atoms with E-state index in [1.54, 1.807) is 12.6 Å². The molecule has 0 aromatic carbocycles. The van der Waals surface area contributed by atoms with Crippen LogP contribution in [-0.4, -0.2) is 48.9 Å². The van der Waals surface area contributed by atoms with Gasteiger partial charge in [-0.25, -0.2) is 9.98 Å². The number of imidazole rings is 1. The molecule has 8 nitrogen and oxygen atoms in total. The number of rotatable bonds is 3. The van der Waals surface area contributed by atoms with Crippen LogP contribution in [0.15, 0.2) is 11.3 Å². The number of aliphatic hydroxyl groups is 1. The molecule has 9 heteroatoms. The van der Waals surface area contributed by atoms with Crippen LogP contribution in [0.25, 0.3) is 0 Å². The first-order valence-electron chi connectivity index (χ1n) is 6.73. The van der Waals surface area contributed by atoms with E-state index in [0.717, 1.165) is 5.82 Å². The minimum absolute atomic E-state index is 0.148. The van der Waals surface area contributed by atoms with Gasteiger partial charge in [0.1, 0.15) is 29.7 Å². The van der Waals surface area contributed by atoms with Gasteiger partial charge >= 0.3 is 0 Å². The summed E-state index contributed by atoms with van der Waals surface area (Å²) in [7, 11) is -1.06. The molecule has 2 unspecified atom stereocenters. The Morgan fingerprint density at radius 1 is 1.67 bits per heavy atom. The van der Waals surface area contributed by atoms with Crippen LogP contribution in [0.2, 0.25) is 0 Å². The molecule has 116 valence electrons. The fraction of sp³-hybridized carbons (Fsp3) is 0.667. The molecule has 0 amide bonds. The Labute approximate surface area is 124 Å². The second kappa shape index (κ2) is 5.48. The average Bonchev–Trinajstić information content (AvgIpc) is 3.01. The van der Waals surface area contributed by atoms with Crippen molar-refractivity contribution in [2.45, 2.75) is 37.1 Å². The number of aromatic nitrogens is 2. The first-order valence-corrected chi connectivity index (χ1v) is 8.35. The highest BCUT2D eigenvalue weighted by atomic mass is 32.2. The third-order valence-electron chi connectivity index (χ3n) is 3.83. The van der Waals surface area contributed by atoms with Gasteiger partial charge in [-0.2, -0.15) is 0 Å². The monoisotopic (exact) mass is 313 g/mol. The van der Waals surface area contributed by atoms with Gasteiger partial charge < -0.3 is 20.9 Å². The van der Waals surface area contributed by atoms with E-state index in [-0.39, 0.29) is 18.1 Å². The van der Waals surface area contributed by atoms with Gasteiger partial charge in [-0.15, -0.1) is 0 Å². The normalized spacial score (nSPS) is 33.2. The van der Waals surface area contributed by atoms with Gasteiger partial charge in [-0.3, -0.25) is 8.78 Å². The molecule has 0 spiro atoms. The van der Waals surface area contributed by atoms with E-state index in [1.165, 1.54) is 0 Å². The van der Waals surface area contributed by atoms with Gasteiger partial charge in [0.2, 0.25) is 0 Å². The Morgan fingerprint density at radius 2 is 2.43 bits per heavy atom. The number of aliphatic hydroxyl groups excluding tert-OH is 1. The van der Waals surface area contributed by atoms with Crippen molar-refractivity contribution in [3.05, 3.63) is 12.0 Å². The number of nitrogens with one attached hydrogen (secondary N) is 1. The summed E-state index contributed by atoms with van der Waals surface area (Å²) in [6.07, 6.45) is 2.60. The number of nitrogens with zero attached hydrogens (tertiary/aromatic N) is 3. The van der Waals surface area contributed by atoms with Gasteiger partial charge in [-0.1, -0.05) is 0 Å². The highest BCUT2D eigenvalue weighted by Gasteiger charge is 2.39. The summed E-state index contributed by atoms with van der Waals surface area (Å²) in [5, 5.41) is 12.3. The molecule has 1 fully saturated rings. The van der Waals surface area contributed by atoms with E-state index in [9.17, 15) is 9.32 Å². The quantitative estimate of drug-likeness (QED) is 0.706. The number of fused-ring (bicyclic) bond motifs is 1. The molecular formula is C12H19N5O3S. The van der Waals surface area contributed by atoms with Gasteiger partial charge in [0.15, 0.2) is 0 Å². The van der Waals surface area contributed by atoms with Gasteiger partial charge in [0, 0.05) is 23.5 Å². The lowest BCUT2D eigenvalue weighted by Crippen LogP contribution is -2.28. The van der Waals surface area contributed by atoms with Crippen molar-refractivity contribution in [1.82, 2.24) is 9.55 Å². The molecule has 1 aromatic rings. The predicted octanol–water partition coefficient (Wildman–Crippen LogP) is -0.289. The van der Waals surface area contributed by atoms with Crippen molar-refractivity contribution in [3.63, 3.8) is 0 Å². The average molecular weight is 313 g/mol. The van der Waals surface area contributed by atoms with Crippen LogP contribution < -0.4 is 11.1 Å². The van der Waals surface area contributed by atoms with Gasteiger partial charge in [0.25, 0.3) is 0 Å². The minimum atomic E-state index is -1.06.